The SMILES string of the molecule is CNC(C)(C#N)CC(C)Sc1ccncn1. The van der Waals surface area contributed by atoms with Crippen molar-refractivity contribution >= 4 is 11.8 Å². The van der Waals surface area contributed by atoms with Crippen molar-refractivity contribution in [2.75, 3.05) is 7.05 Å². The maximum Gasteiger partial charge on any atom is 0.116 e. The van der Waals surface area contributed by atoms with Crippen molar-refractivity contribution in [3.05, 3.63) is 18.6 Å². The van der Waals surface area contributed by atoms with E-state index in [9.17, 15) is 0 Å². The van der Waals surface area contributed by atoms with Gasteiger partial charge in [-0.2, -0.15) is 5.26 Å². The lowest BCUT2D eigenvalue weighted by atomic mass is 9.98. The molecule has 1 rings (SSSR count). The normalized spacial score (nSPS) is 16.1. The van der Waals surface area contributed by atoms with Crippen LogP contribution in [0.1, 0.15) is 20.3 Å². The molecule has 0 bridgehead atoms. The molecule has 0 saturated heterocycles. The standard InChI is InChI=1S/C11H16N4S/c1-9(6-11(2,7-12)13-3)16-10-4-5-14-8-15-10/h4-5,8-9,13H,6H2,1-3H3. The predicted octanol–water partition coefficient (Wildman–Crippen LogP) is 1.85. The Morgan fingerprint density at radius 1 is 1.69 bits per heavy atom. The van der Waals surface area contributed by atoms with Crippen LogP contribution < -0.4 is 5.32 Å². The molecule has 1 heterocycles. The zero-order valence-corrected chi connectivity index (χ0v) is 10.6. The highest BCUT2D eigenvalue weighted by atomic mass is 32.2. The maximum absolute atomic E-state index is 9.05. The van der Waals surface area contributed by atoms with Crippen molar-refractivity contribution in [1.82, 2.24) is 15.3 Å². The Morgan fingerprint density at radius 2 is 2.44 bits per heavy atom. The summed E-state index contributed by atoms with van der Waals surface area (Å²) in [6.07, 6.45) is 4.04. The average Bonchev–Trinajstić information content (AvgIpc) is 2.30. The lowest BCUT2D eigenvalue weighted by molar-refractivity contribution is 0.455. The monoisotopic (exact) mass is 236 g/mol. The van der Waals surface area contributed by atoms with Gasteiger partial charge in [-0.25, -0.2) is 9.97 Å². The Labute approximate surface area is 100 Å². The van der Waals surface area contributed by atoms with Gasteiger partial charge < -0.3 is 5.32 Å². The smallest absolute Gasteiger partial charge is 0.116 e. The van der Waals surface area contributed by atoms with Crippen molar-refractivity contribution in [1.29, 1.82) is 5.26 Å². The van der Waals surface area contributed by atoms with Gasteiger partial charge in [0.1, 0.15) is 11.9 Å². The van der Waals surface area contributed by atoms with Crippen molar-refractivity contribution in [3.63, 3.8) is 0 Å². The fourth-order valence-corrected chi connectivity index (χ4v) is 2.45. The number of nitrogens with one attached hydrogen (secondary N) is 1. The van der Waals surface area contributed by atoms with Crippen LogP contribution in [0.4, 0.5) is 0 Å². The molecule has 0 aliphatic heterocycles. The Bertz CT molecular complexity index is 362. The molecular weight excluding hydrogens is 220 g/mol. The lowest BCUT2D eigenvalue weighted by Crippen LogP contribution is -2.40. The van der Waals surface area contributed by atoms with Gasteiger partial charge in [0.25, 0.3) is 0 Å². The number of thioether (sulfide) groups is 1. The molecule has 0 aliphatic rings. The summed E-state index contributed by atoms with van der Waals surface area (Å²) in [5.74, 6) is 0. The zero-order valence-electron chi connectivity index (χ0n) is 9.77. The molecule has 0 aliphatic carbocycles. The minimum Gasteiger partial charge on any atom is -0.303 e. The number of aromatic nitrogens is 2. The van der Waals surface area contributed by atoms with Gasteiger partial charge in [-0.3, -0.25) is 0 Å². The molecule has 0 spiro atoms. The van der Waals surface area contributed by atoms with Crippen LogP contribution in [0.25, 0.3) is 0 Å². The summed E-state index contributed by atoms with van der Waals surface area (Å²) in [4.78, 5) is 8.02. The molecule has 0 fully saturated rings. The molecule has 0 amide bonds. The average molecular weight is 236 g/mol. The first-order chi connectivity index (χ1) is 7.59. The van der Waals surface area contributed by atoms with E-state index in [0.29, 0.717) is 5.25 Å². The number of nitriles is 1. The molecule has 2 unspecified atom stereocenters. The van der Waals surface area contributed by atoms with Crippen LogP contribution in [-0.2, 0) is 0 Å². The Morgan fingerprint density at radius 3 is 2.94 bits per heavy atom. The second kappa shape index (κ2) is 5.83. The topological polar surface area (TPSA) is 61.6 Å². The molecule has 0 radical (unpaired) electrons. The zero-order chi connectivity index (χ0) is 12.0. The van der Waals surface area contributed by atoms with E-state index < -0.39 is 5.54 Å². The Kier molecular flexibility index (Phi) is 4.71. The van der Waals surface area contributed by atoms with Gasteiger partial charge >= 0.3 is 0 Å². The molecule has 86 valence electrons. The molecule has 1 aromatic heterocycles. The fourth-order valence-electron chi connectivity index (χ4n) is 1.37. The summed E-state index contributed by atoms with van der Waals surface area (Å²) < 4.78 is 0. The molecule has 2 atom stereocenters. The van der Waals surface area contributed by atoms with E-state index in [0.717, 1.165) is 11.4 Å². The third-order valence-corrected chi connectivity index (χ3v) is 3.42. The lowest BCUT2D eigenvalue weighted by Gasteiger charge is -2.24. The van der Waals surface area contributed by atoms with Crippen molar-refractivity contribution in [2.45, 2.75) is 36.1 Å². The highest BCUT2D eigenvalue weighted by molar-refractivity contribution is 7.99. The summed E-state index contributed by atoms with van der Waals surface area (Å²) in [5.41, 5.74) is -0.473. The van der Waals surface area contributed by atoms with Crippen LogP contribution in [0.5, 0.6) is 0 Å². The summed E-state index contributed by atoms with van der Waals surface area (Å²) >= 11 is 1.66. The van der Waals surface area contributed by atoms with E-state index in [4.69, 9.17) is 5.26 Å². The second-order valence-electron chi connectivity index (χ2n) is 3.87. The molecular formula is C11H16N4S. The fraction of sp³-hybridized carbons (Fsp3) is 0.545. The highest BCUT2D eigenvalue weighted by Gasteiger charge is 2.24. The molecule has 4 nitrogen and oxygen atoms in total. The van der Waals surface area contributed by atoms with Crippen LogP contribution >= 0.6 is 11.8 Å². The van der Waals surface area contributed by atoms with Crippen LogP contribution in [0, 0.1) is 11.3 Å². The molecule has 0 aromatic carbocycles. The van der Waals surface area contributed by atoms with E-state index in [-0.39, 0.29) is 0 Å². The molecule has 16 heavy (non-hydrogen) atoms. The van der Waals surface area contributed by atoms with E-state index in [1.165, 1.54) is 6.33 Å². The maximum atomic E-state index is 9.05. The van der Waals surface area contributed by atoms with Crippen LogP contribution in [0.15, 0.2) is 23.6 Å². The Balaban J connectivity index is 2.55. The number of rotatable bonds is 5. The minimum absolute atomic E-state index is 0.326. The van der Waals surface area contributed by atoms with Gasteiger partial charge in [0.2, 0.25) is 0 Å². The van der Waals surface area contributed by atoms with Gasteiger partial charge in [-0.15, -0.1) is 11.8 Å². The largest absolute Gasteiger partial charge is 0.303 e. The minimum atomic E-state index is -0.473. The number of hydrogen-bond donors (Lipinski definition) is 1. The van der Waals surface area contributed by atoms with E-state index in [1.54, 1.807) is 18.0 Å². The van der Waals surface area contributed by atoms with Crippen LogP contribution in [0.3, 0.4) is 0 Å². The van der Waals surface area contributed by atoms with Gasteiger partial charge in [0.05, 0.1) is 11.1 Å². The summed E-state index contributed by atoms with van der Waals surface area (Å²) in [7, 11) is 1.81. The Hall–Kier alpha value is -1.12. The van der Waals surface area contributed by atoms with Crippen molar-refractivity contribution < 1.29 is 0 Å². The quantitative estimate of drug-likeness (QED) is 0.624. The highest BCUT2D eigenvalue weighted by Crippen LogP contribution is 2.26. The second-order valence-corrected chi connectivity index (χ2v) is 5.33. The van der Waals surface area contributed by atoms with Crippen LogP contribution in [-0.4, -0.2) is 27.8 Å². The molecule has 1 N–H and O–H groups in total. The summed E-state index contributed by atoms with van der Waals surface area (Å²) in [5, 5.41) is 13.4. The molecule has 1 aromatic rings. The van der Waals surface area contributed by atoms with E-state index >= 15 is 0 Å². The van der Waals surface area contributed by atoms with Gasteiger partial charge in [0, 0.05) is 11.4 Å². The first kappa shape index (κ1) is 12.9. The first-order valence-corrected chi connectivity index (χ1v) is 6.00. The molecule has 5 heteroatoms. The van der Waals surface area contributed by atoms with Crippen LogP contribution in [0.2, 0.25) is 0 Å². The first-order valence-electron chi connectivity index (χ1n) is 5.12. The van der Waals surface area contributed by atoms with Gasteiger partial charge in [0.15, 0.2) is 0 Å². The number of hydrogen-bond acceptors (Lipinski definition) is 5. The van der Waals surface area contributed by atoms with Crippen molar-refractivity contribution in [2.24, 2.45) is 0 Å². The number of nitrogens with zero attached hydrogens (tertiary/aromatic N) is 3. The van der Waals surface area contributed by atoms with Crippen molar-refractivity contribution in [3.8, 4) is 6.07 Å². The predicted molar refractivity (Wildman–Crippen MR) is 65.0 cm³/mol. The van der Waals surface area contributed by atoms with E-state index in [1.807, 2.05) is 20.0 Å². The van der Waals surface area contributed by atoms with E-state index in [2.05, 4.69) is 28.3 Å². The third-order valence-electron chi connectivity index (χ3n) is 2.37. The van der Waals surface area contributed by atoms with Gasteiger partial charge in [-0.1, -0.05) is 6.92 Å². The third kappa shape index (κ3) is 3.80. The van der Waals surface area contributed by atoms with Gasteiger partial charge in [-0.05, 0) is 26.5 Å². The summed E-state index contributed by atoms with van der Waals surface area (Å²) in [6, 6.07) is 4.17. The molecule has 0 saturated carbocycles. The summed E-state index contributed by atoms with van der Waals surface area (Å²) in [6.45, 7) is 4.00.